The van der Waals surface area contributed by atoms with Crippen LogP contribution in [-0.2, 0) is 10.0 Å². The van der Waals surface area contributed by atoms with Crippen molar-refractivity contribution in [1.29, 1.82) is 0 Å². The predicted molar refractivity (Wildman–Crippen MR) is 173 cm³/mol. The molecule has 3 atom stereocenters. The van der Waals surface area contributed by atoms with Crippen LogP contribution in [0.2, 0.25) is 0 Å². The van der Waals surface area contributed by atoms with Crippen LogP contribution in [0.5, 0.6) is 0 Å². The van der Waals surface area contributed by atoms with Crippen LogP contribution < -0.4 is 4.31 Å². The van der Waals surface area contributed by atoms with Crippen molar-refractivity contribution in [1.82, 2.24) is 4.90 Å². The van der Waals surface area contributed by atoms with E-state index in [9.17, 15) is 8.42 Å². The van der Waals surface area contributed by atoms with Gasteiger partial charge in [0.15, 0.2) is 0 Å². The van der Waals surface area contributed by atoms with E-state index in [1.165, 1.54) is 15.4 Å². The van der Waals surface area contributed by atoms with Gasteiger partial charge in [0.25, 0.3) is 10.0 Å². The lowest BCUT2D eigenvalue weighted by Gasteiger charge is -2.52. The van der Waals surface area contributed by atoms with Crippen molar-refractivity contribution in [2.75, 3.05) is 4.31 Å². The maximum Gasteiger partial charge on any atom is 0.268 e. The number of benzene rings is 5. The number of para-hydroxylation sites is 1. The highest BCUT2D eigenvalue weighted by Gasteiger charge is 2.51. The van der Waals surface area contributed by atoms with Gasteiger partial charge in [0.2, 0.25) is 0 Å². The molecule has 5 heteroatoms. The van der Waals surface area contributed by atoms with E-state index < -0.39 is 10.0 Å². The average molecular weight is 579 g/mol. The minimum Gasteiger partial charge on any atom is -0.331 e. The van der Waals surface area contributed by atoms with Crippen molar-refractivity contribution in [3.05, 3.63) is 179 Å². The molecule has 0 bridgehead atoms. The molecule has 3 unspecified atom stereocenters. The number of hydrogen-bond donors (Lipinski definition) is 0. The summed E-state index contributed by atoms with van der Waals surface area (Å²) >= 11 is 0. The van der Waals surface area contributed by atoms with Crippen LogP contribution in [0.25, 0.3) is 11.4 Å². The molecule has 1 aliphatic carbocycles. The molecule has 5 aromatic carbocycles. The Hall–Kier alpha value is -4.87. The van der Waals surface area contributed by atoms with Crippen LogP contribution >= 0.6 is 0 Å². The van der Waals surface area contributed by atoms with Gasteiger partial charge in [0.05, 0.1) is 22.3 Å². The zero-order valence-corrected chi connectivity index (χ0v) is 24.5. The highest BCUT2D eigenvalue weighted by atomic mass is 32.2. The lowest BCUT2D eigenvalue weighted by atomic mass is 9.61. The third-order valence-electron chi connectivity index (χ3n) is 9.03. The minimum atomic E-state index is -3.94. The Morgan fingerprint density at radius 2 is 1.14 bits per heavy atom. The van der Waals surface area contributed by atoms with E-state index in [0.29, 0.717) is 5.69 Å². The summed E-state index contributed by atoms with van der Waals surface area (Å²) in [7, 11) is -3.94. The Bertz CT molecular complexity index is 2020. The summed E-state index contributed by atoms with van der Waals surface area (Å²) in [6, 6.07) is 44.3. The van der Waals surface area contributed by atoms with Gasteiger partial charge in [0.1, 0.15) is 0 Å². The van der Waals surface area contributed by atoms with E-state index in [1.807, 2.05) is 67.7 Å². The zero-order valence-electron chi connectivity index (χ0n) is 23.7. The first-order chi connectivity index (χ1) is 21.0. The smallest absolute Gasteiger partial charge is 0.268 e. The second kappa shape index (κ2) is 9.85. The molecule has 210 valence electrons. The lowest BCUT2D eigenvalue weighted by Crippen LogP contribution is -2.41. The van der Waals surface area contributed by atoms with Gasteiger partial charge in [-0.25, -0.2) is 12.7 Å². The van der Waals surface area contributed by atoms with Crippen molar-refractivity contribution >= 4 is 27.1 Å². The van der Waals surface area contributed by atoms with Crippen LogP contribution in [0.15, 0.2) is 151 Å². The van der Waals surface area contributed by atoms with Crippen molar-refractivity contribution in [3.63, 3.8) is 0 Å². The average Bonchev–Trinajstić information content (AvgIpc) is 3.19. The monoisotopic (exact) mass is 578 g/mol. The van der Waals surface area contributed by atoms with Crippen LogP contribution in [0, 0.1) is 6.92 Å². The largest absolute Gasteiger partial charge is 0.331 e. The lowest BCUT2D eigenvalue weighted by molar-refractivity contribution is 0.286. The van der Waals surface area contributed by atoms with Gasteiger partial charge < -0.3 is 4.90 Å². The van der Waals surface area contributed by atoms with Crippen LogP contribution in [0.4, 0.5) is 5.69 Å². The third kappa shape index (κ3) is 3.99. The molecule has 2 heterocycles. The van der Waals surface area contributed by atoms with E-state index in [4.69, 9.17) is 0 Å². The molecular formula is C38H30N2O2S. The highest BCUT2D eigenvalue weighted by molar-refractivity contribution is 7.93. The van der Waals surface area contributed by atoms with Crippen LogP contribution in [0.1, 0.15) is 51.3 Å². The molecule has 3 aliphatic rings. The standard InChI is InChI=1S/C38H30N2O2S/c1-26-20-22-29(23-21-26)43(41,42)39-25-36(28-14-6-3-7-15-28)40-35(27-12-4-2-5-13-27)24-33-30-16-8-9-17-31(30)37(33)38(40)32-18-10-11-19-34(32)39/h2-25,33,37-38H,1H3. The van der Waals surface area contributed by atoms with Gasteiger partial charge in [-0.1, -0.05) is 127 Å². The Kier molecular flexibility index (Phi) is 5.92. The molecule has 5 aromatic rings. The van der Waals surface area contributed by atoms with Crippen LogP contribution in [0.3, 0.4) is 0 Å². The first-order valence-electron chi connectivity index (χ1n) is 14.6. The molecule has 0 N–H and O–H groups in total. The first-order valence-corrected chi connectivity index (χ1v) is 16.1. The normalized spacial score (nSPS) is 20.3. The molecule has 43 heavy (non-hydrogen) atoms. The Balaban J connectivity index is 1.45. The topological polar surface area (TPSA) is 40.6 Å². The number of aryl methyl sites for hydroxylation is 1. The fourth-order valence-corrected chi connectivity index (χ4v) is 8.38. The van der Waals surface area contributed by atoms with Gasteiger partial charge in [-0.05, 0) is 47.4 Å². The molecule has 0 spiro atoms. The molecule has 0 saturated heterocycles. The molecule has 0 radical (unpaired) electrons. The number of hydrogen-bond acceptors (Lipinski definition) is 3. The molecule has 0 aromatic heterocycles. The molecule has 0 amide bonds. The molecular weight excluding hydrogens is 548 g/mol. The molecule has 0 fully saturated rings. The Labute approximate surface area is 252 Å². The summed E-state index contributed by atoms with van der Waals surface area (Å²) in [4.78, 5) is 2.66. The van der Waals surface area contributed by atoms with E-state index in [2.05, 4.69) is 77.7 Å². The van der Waals surface area contributed by atoms with Crippen LogP contribution in [-0.4, -0.2) is 13.3 Å². The summed E-state index contributed by atoms with van der Waals surface area (Å²) in [5, 5.41) is 0. The third-order valence-corrected chi connectivity index (χ3v) is 10.7. The fourth-order valence-electron chi connectivity index (χ4n) is 7.01. The number of rotatable bonds is 4. The van der Waals surface area contributed by atoms with Gasteiger partial charge >= 0.3 is 0 Å². The molecule has 2 aliphatic heterocycles. The quantitative estimate of drug-likeness (QED) is 0.215. The summed E-state index contributed by atoms with van der Waals surface area (Å²) in [6.07, 6.45) is 4.23. The zero-order chi connectivity index (χ0) is 29.1. The fraction of sp³-hybridized carbons (Fsp3) is 0.105. The van der Waals surface area contributed by atoms with Gasteiger partial charge in [0, 0.05) is 29.3 Å². The summed E-state index contributed by atoms with van der Waals surface area (Å²) in [5.41, 5.74) is 9.34. The molecule has 0 saturated carbocycles. The van der Waals surface area contributed by atoms with E-state index in [-0.39, 0.29) is 22.8 Å². The first kappa shape index (κ1) is 25.8. The highest BCUT2D eigenvalue weighted by Crippen LogP contribution is 2.63. The summed E-state index contributed by atoms with van der Waals surface area (Å²) in [6.45, 7) is 1.97. The van der Waals surface area contributed by atoms with Crippen molar-refractivity contribution in [2.45, 2.75) is 29.7 Å². The Morgan fingerprint density at radius 1 is 0.581 bits per heavy atom. The van der Waals surface area contributed by atoms with Crippen molar-refractivity contribution < 1.29 is 8.42 Å². The summed E-state index contributed by atoms with van der Waals surface area (Å²) < 4.78 is 30.6. The van der Waals surface area contributed by atoms with Gasteiger partial charge in [-0.15, -0.1) is 0 Å². The predicted octanol–water partition coefficient (Wildman–Crippen LogP) is 8.48. The number of sulfonamides is 1. The summed E-state index contributed by atoms with van der Waals surface area (Å²) in [5.74, 6) is 0.386. The van der Waals surface area contributed by atoms with E-state index >= 15 is 0 Å². The van der Waals surface area contributed by atoms with Gasteiger partial charge in [-0.2, -0.15) is 0 Å². The number of nitrogens with zero attached hydrogens (tertiary/aromatic N) is 2. The maximum atomic E-state index is 14.6. The number of anilines is 1. The Morgan fingerprint density at radius 3 is 1.81 bits per heavy atom. The number of allylic oxidation sites excluding steroid dienone is 1. The molecule has 4 nitrogen and oxygen atoms in total. The second-order valence-electron chi connectivity index (χ2n) is 11.5. The molecule has 8 rings (SSSR count). The van der Waals surface area contributed by atoms with E-state index in [0.717, 1.165) is 33.6 Å². The second-order valence-corrected chi connectivity index (χ2v) is 13.3. The number of fused-ring (bicyclic) bond motifs is 8. The van der Waals surface area contributed by atoms with Crippen molar-refractivity contribution in [3.8, 4) is 0 Å². The minimum absolute atomic E-state index is 0.124. The maximum absolute atomic E-state index is 14.6. The van der Waals surface area contributed by atoms with E-state index in [1.54, 1.807) is 12.1 Å². The SMILES string of the molecule is Cc1ccc(S(=O)(=O)N2C=C(c3ccccc3)N3C(c4ccccc4)=CC4c5ccccc5C4C3c3ccccc32)cc1. The van der Waals surface area contributed by atoms with Gasteiger partial charge in [-0.3, -0.25) is 0 Å². The van der Waals surface area contributed by atoms with Crippen molar-refractivity contribution in [2.24, 2.45) is 0 Å².